The molecule has 1 saturated heterocycles. The van der Waals surface area contributed by atoms with Crippen molar-refractivity contribution in [3.05, 3.63) is 16.6 Å². The summed E-state index contributed by atoms with van der Waals surface area (Å²) in [6, 6.07) is 0.502. The normalized spacial score (nSPS) is 27.3. The predicted molar refractivity (Wildman–Crippen MR) is 73.4 cm³/mol. The van der Waals surface area contributed by atoms with Crippen LogP contribution < -0.4 is 5.32 Å². The third-order valence-electron chi connectivity index (χ3n) is 3.47. The molecule has 1 atom stereocenters. The van der Waals surface area contributed by atoms with Gasteiger partial charge in [0.2, 0.25) is 0 Å². The fraction of sp³-hybridized carbons (Fsp3) is 0.769. The molecule has 1 aromatic rings. The lowest BCUT2D eigenvalue weighted by molar-refractivity contribution is 0.260. The maximum Gasteiger partial charge on any atom is 0.113 e. The number of likely N-dealkylation sites (tertiary alicyclic amines) is 1. The lowest BCUT2D eigenvalue weighted by atomic mass is 9.90. The summed E-state index contributed by atoms with van der Waals surface area (Å²) in [7, 11) is 2.22. The smallest absolute Gasteiger partial charge is 0.113 e. The molecule has 0 amide bonds. The second-order valence-corrected chi connectivity index (χ2v) is 6.27. The number of rotatable bonds is 3. The van der Waals surface area contributed by atoms with Crippen LogP contribution in [0.1, 0.15) is 38.1 Å². The van der Waals surface area contributed by atoms with Gasteiger partial charge in [-0.25, -0.2) is 4.98 Å². The van der Waals surface area contributed by atoms with E-state index >= 15 is 0 Å². The first-order valence-corrected chi connectivity index (χ1v) is 7.36. The van der Waals surface area contributed by atoms with Crippen molar-refractivity contribution in [3.8, 4) is 0 Å². The Morgan fingerprint density at radius 2 is 2.24 bits per heavy atom. The van der Waals surface area contributed by atoms with Gasteiger partial charge in [0.1, 0.15) is 5.01 Å². The average molecular weight is 253 g/mol. The molecule has 96 valence electrons. The molecule has 0 aromatic carbocycles. The largest absolute Gasteiger partial charge is 0.306 e. The molecular formula is C13H23N3S. The number of aromatic nitrogens is 1. The summed E-state index contributed by atoms with van der Waals surface area (Å²) in [5.74, 6) is 0. The summed E-state index contributed by atoms with van der Waals surface area (Å²) in [5, 5.41) is 7.14. The third kappa shape index (κ3) is 3.06. The van der Waals surface area contributed by atoms with Gasteiger partial charge in [-0.05, 0) is 46.7 Å². The summed E-state index contributed by atoms with van der Waals surface area (Å²) in [6.45, 7) is 6.81. The van der Waals surface area contributed by atoms with E-state index in [4.69, 9.17) is 0 Å². The van der Waals surface area contributed by atoms with Crippen LogP contribution in [0.25, 0.3) is 0 Å². The van der Waals surface area contributed by atoms with Crippen LogP contribution in [-0.4, -0.2) is 36.1 Å². The first kappa shape index (κ1) is 13.0. The van der Waals surface area contributed by atoms with Gasteiger partial charge in [0, 0.05) is 24.2 Å². The van der Waals surface area contributed by atoms with E-state index in [1.54, 1.807) is 11.3 Å². The Morgan fingerprint density at radius 1 is 1.41 bits per heavy atom. The Balaban J connectivity index is 2.23. The molecule has 0 bridgehead atoms. The Morgan fingerprint density at radius 3 is 2.88 bits per heavy atom. The first-order valence-electron chi connectivity index (χ1n) is 6.49. The highest BCUT2D eigenvalue weighted by molar-refractivity contribution is 7.09. The molecule has 0 spiro atoms. The fourth-order valence-electron chi connectivity index (χ4n) is 2.70. The van der Waals surface area contributed by atoms with Crippen LogP contribution in [-0.2, 0) is 5.54 Å². The van der Waals surface area contributed by atoms with Crippen molar-refractivity contribution in [1.82, 2.24) is 15.2 Å². The zero-order chi connectivity index (χ0) is 12.3. The summed E-state index contributed by atoms with van der Waals surface area (Å²) < 4.78 is 0. The van der Waals surface area contributed by atoms with Crippen molar-refractivity contribution < 1.29 is 0 Å². The van der Waals surface area contributed by atoms with Gasteiger partial charge in [-0.2, -0.15) is 0 Å². The lowest BCUT2D eigenvalue weighted by Gasteiger charge is -2.34. The molecule has 2 rings (SSSR count). The van der Waals surface area contributed by atoms with Gasteiger partial charge in [-0.3, -0.25) is 0 Å². The number of thiazole rings is 1. The van der Waals surface area contributed by atoms with E-state index in [9.17, 15) is 0 Å². The molecule has 1 aliphatic rings. The quantitative estimate of drug-likeness (QED) is 0.897. The third-order valence-corrected chi connectivity index (χ3v) is 4.45. The minimum absolute atomic E-state index is 0.104. The van der Waals surface area contributed by atoms with E-state index in [-0.39, 0.29) is 5.54 Å². The van der Waals surface area contributed by atoms with Gasteiger partial charge in [0.25, 0.3) is 0 Å². The van der Waals surface area contributed by atoms with Crippen molar-refractivity contribution in [1.29, 1.82) is 0 Å². The Kier molecular flexibility index (Phi) is 4.17. The van der Waals surface area contributed by atoms with Crippen LogP contribution in [0.4, 0.5) is 0 Å². The monoisotopic (exact) mass is 253 g/mol. The molecule has 2 heterocycles. The Labute approximate surface area is 108 Å². The zero-order valence-electron chi connectivity index (χ0n) is 11.1. The summed E-state index contributed by atoms with van der Waals surface area (Å²) in [6.07, 6.45) is 5.53. The van der Waals surface area contributed by atoms with Gasteiger partial charge in [0.05, 0.1) is 5.54 Å². The lowest BCUT2D eigenvalue weighted by Crippen LogP contribution is -2.46. The van der Waals surface area contributed by atoms with E-state index in [0.29, 0.717) is 6.04 Å². The van der Waals surface area contributed by atoms with Crippen LogP contribution in [0.15, 0.2) is 11.6 Å². The first-order chi connectivity index (χ1) is 8.12. The Hall–Kier alpha value is -0.450. The molecule has 1 N–H and O–H groups in total. The fourth-order valence-corrected chi connectivity index (χ4v) is 3.56. The maximum atomic E-state index is 4.57. The molecule has 1 aromatic heterocycles. The highest BCUT2D eigenvalue weighted by Gasteiger charge is 2.36. The topological polar surface area (TPSA) is 28.2 Å². The van der Waals surface area contributed by atoms with Gasteiger partial charge in [0.15, 0.2) is 0 Å². The molecule has 1 aliphatic heterocycles. The SMILES string of the molecule is CC(C)NC1(c2nccs2)CCCN(C)CC1. The number of nitrogens with zero attached hydrogens (tertiary/aromatic N) is 2. The summed E-state index contributed by atoms with van der Waals surface area (Å²) >= 11 is 1.79. The number of hydrogen-bond acceptors (Lipinski definition) is 4. The Bertz CT molecular complexity index is 336. The standard InChI is InChI=1S/C13H23N3S/c1-11(2)15-13(12-14-7-10-17-12)5-4-8-16(3)9-6-13/h7,10-11,15H,4-6,8-9H2,1-3H3. The number of nitrogens with one attached hydrogen (secondary N) is 1. The average Bonchev–Trinajstić information content (AvgIpc) is 2.73. The van der Waals surface area contributed by atoms with Crippen molar-refractivity contribution in [2.24, 2.45) is 0 Å². The molecule has 1 fully saturated rings. The van der Waals surface area contributed by atoms with E-state index in [1.807, 2.05) is 6.20 Å². The van der Waals surface area contributed by atoms with E-state index in [1.165, 1.54) is 24.4 Å². The van der Waals surface area contributed by atoms with Crippen molar-refractivity contribution in [2.45, 2.75) is 44.7 Å². The second-order valence-electron chi connectivity index (χ2n) is 5.38. The highest BCUT2D eigenvalue weighted by atomic mass is 32.1. The number of hydrogen-bond donors (Lipinski definition) is 1. The zero-order valence-corrected chi connectivity index (χ0v) is 11.9. The highest BCUT2D eigenvalue weighted by Crippen LogP contribution is 2.34. The van der Waals surface area contributed by atoms with Crippen LogP contribution in [0.3, 0.4) is 0 Å². The van der Waals surface area contributed by atoms with Crippen molar-refractivity contribution in [3.63, 3.8) is 0 Å². The predicted octanol–water partition coefficient (Wildman–Crippen LogP) is 2.45. The van der Waals surface area contributed by atoms with E-state index < -0.39 is 0 Å². The van der Waals surface area contributed by atoms with Crippen LogP contribution >= 0.6 is 11.3 Å². The molecule has 1 unspecified atom stereocenters. The van der Waals surface area contributed by atoms with E-state index in [0.717, 1.165) is 13.0 Å². The van der Waals surface area contributed by atoms with E-state index in [2.05, 4.69) is 41.5 Å². The van der Waals surface area contributed by atoms with Crippen LogP contribution in [0.2, 0.25) is 0 Å². The molecular weight excluding hydrogens is 230 g/mol. The van der Waals surface area contributed by atoms with Gasteiger partial charge in [-0.1, -0.05) is 0 Å². The van der Waals surface area contributed by atoms with Crippen molar-refractivity contribution in [2.75, 3.05) is 20.1 Å². The molecule has 4 heteroatoms. The van der Waals surface area contributed by atoms with Gasteiger partial charge >= 0.3 is 0 Å². The molecule has 17 heavy (non-hydrogen) atoms. The minimum atomic E-state index is 0.104. The molecule has 3 nitrogen and oxygen atoms in total. The van der Waals surface area contributed by atoms with Crippen molar-refractivity contribution >= 4 is 11.3 Å². The summed E-state index contributed by atoms with van der Waals surface area (Å²) in [5.41, 5.74) is 0.104. The minimum Gasteiger partial charge on any atom is -0.306 e. The second kappa shape index (κ2) is 5.46. The molecule has 0 saturated carbocycles. The van der Waals surface area contributed by atoms with Gasteiger partial charge in [-0.15, -0.1) is 11.3 Å². The molecule has 0 radical (unpaired) electrons. The van der Waals surface area contributed by atoms with Crippen LogP contribution in [0.5, 0.6) is 0 Å². The summed E-state index contributed by atoms with van der Waals surface area (Å²) in [4.78, 5) is 7.00. The maximum absolute atomic E-state index is 4.57. The van der Waals surface area contributed by atoms with Gasteiger partial charge < -0.3 is 10.2 Å². The van der Waals surface area contributed by atoms with Crippen LogP contribution in [0, 0.1) is 0 Å². The molecule has 0 aliphatic carbocycles.